The summed E-state index contributed by atoms with van der Waals surface area (Å²) >= 11 is 0. The molecule has 0 spiro atoms. The van der Waals surface area contributed by atoms with E-state index in [0.29, 0.717) is 12.2 Å². The average Bonchev–Trinajstić information content (AvgIpc) is 2.45. The summed E-state index contributed by atoms with van der Waals surface area (Å²) in [5.74, 6) is -0.463. The van der Waals surface area contributed by atoms with Gasteiger partial charge in [0.25, 0.3) is 0 Å². The van der Waals surface area contributed by atoms with Crippen molar-refractivity contribution in [1.29, 1.82) is 0 Å². The van der Waals surface area contributed by atoms with E-state index in [2.05, 4.69) is 6.07 Å². The zero-order valence-corrected chi connectivity index (χ0v) is 13.5. The fourth-order valence-electron chi connectivity index (χ4n) is 2.66. The molecule has 2 aromatic rings. The highest BCUT2D eigenvalue weighted by atomic mass is 19.1. The molecule has 0 heterocycles. The fourth-order valence-corrected chi connectivity index (χ4v) is 2.66. The molecule has 116 valence electrons. The van der Waals surface area contributed by atoms with E-state index in [1.807, 2.05) is 26.0 Å². The second kappa shape index (κ2) is 6.73. The maximum absolute atomic E-state index is 13.5. The molecule has 2 rings (SSSR count). The lowest BCUT2D eigenvalue weighted by atomic mass is 9.91. The summed E-state index contributed by atoms with van der Waals surface area (Å²) < 4.78 is 18.6. The van der Waals surface area contributed by atoms with Crippen LogP contribution >= 0.6 is 0 Å². The van der Waals surface area contributed by atoms with Gasteiger partial charge in [-0.3, -0.25) is 4.79 Å². The standard InChI is InChI=1S/C19H21FO2/c1-5-22-19(21)11-16-13(3)8-12(2)9-17(16)15-6-7-18(20)14(4)10-15/h6-10H,5,11H2,1-4H3. The molecule has 0 aliphatic rings. The molecule has 3 heteroatoms. The van der Waals surface area contributed by atoms with E-state index in [-0.39, 0.29) is 18.2 Å². The van der Waals surface area contributed by atoms with Gasteiger partial charge in [0.1, 0.15) is 5.82 Å². The van der Waals surface area contributed by atoms with Gasteiger partial charge in [0.05, 0.1) is 13.0 Å². The lowest BCUT2D eigenvalue weighted by molar-refractivity contribution is -0.142. The van der Waals surface area contributed by atoms with E-state index in [0.717, 1.165) is 27.8 Å². The molecule has 2 nitrogen and oxygen atoms in total. The number of halogens is 1. The predicted molar refractivity (Wildman–Crippen MR) is 86.4 cm³/mol. The van der Waals surface area contributed by atoms with Gasteiger partial charge in [0.2, 0.25) is 0 Å². The quantitative estimate of drug-likeness (QED) is 0.776. The first kappa shape index (κ1) is 16.2. The number of ether oxygens (including phenoxy) is 1. The normalized spacial score (nSPS) is 10.6. The average molecular weight is 300 g/mol. The Morgan fingerprint density at radius 1 is 1.09 bits per heavy atom. The third kappa shape index (κ3) is 3.53. The van der Waals surface area contributed by atoms with Crippen molar-refractivity contribution in [3.8, 4) is 11.1 Å². The van der Waals surface area contributed by atoms with E-state index in [4.69, 9.17) is 4.74 Å². The zero-order chi connectivity index (χ0) is 16.3. The van der Waals surface area contributed by atoms with E-state index in [9.17, 15) is 9.18 Å². The Morgan fingerprint density at radius 2 is 1.82 bits per heavy atom. The van der Waals surface area contributed by atoms with Crippen LogP contribution in [-0.4, -0.2) is 12.6 Å². The maximum atomic E-state index is 13.5. The van der Waals surface area contributed by atoms with Crippen LogP contribution in [0.15, 0.2) is 30.3 Å². The third-order valence-electron chi connectivity index (χ3n) is 3.71. The van der Waals surface area contributed by atoms with Crippen molar-refractivity contribution in [3.05, 3.63) is 58.4 Å². The van der Waals surface area contributed by atoms with Crippen LogP contribution in [0.2, 0.25) is 0 Å². The van der Waals surface area contributed by atoms with Crippen molar-refractivity contribution in [2.24, 2.45) is 0 Å². The first-order valence-electron chi connectivity index (χ1n) is 7.44. The summed E-state index contributed by atoms with van der Waals surface area (Å²) in [6.45, 7) is 7.91. The van der Waals surface area contributed by atoms with Crippen LogP contribution in [0.25, 0.3) is 11.1 Å². The minimum atomic E-state index is -0.241. The number of carbonyl (C=O) groups excluding carboxylic acids is 1. The van der Waals surface area contributed by atoms with E-state index < -0.39 is 0 Å². The largest absolute Gasteiger partial charge is 0.466 e. The zero-order valence-electron chi connectivity index (χ0n) is 13.5. The van der Waals surface area contributed by atoms with E-state index in [1.165, 1.54) is 6.07 Å². The first-order chi connectivity index (χ1) is 10.4. The predicted octanol–water partition coefficient (Wildman–Crippen LogP) is 4.52. The topological polar surface area (TPSA) is 26.3 Å². The molecule has 0 saturated heterocycles. The molecular formula is C19H21FO2. The summed E-state index contributed by atoms with van der Waals surface area (Å²) in [5, 5.41) is 0. The molecule has 22 heavy (non-hydrogen) atoms. The Bertz CT molecular complexity index is 705. The molecule has 0 aliphatic carbocycles. The second-order valence-electron chi connectivity index (χ2n) is 5.55. The number of rotatable bonds is 4. The fraction of sp³-hybridized carbons (Fsp3) is 0.316. The first-order valence-corrected chi connectivity index (χ1v) is 7.44. The van der Waals surface area contributed by atoms with Crippen molar-refractivity contribution in [2.75, 3.05) is 6.61 Å². The van der Waals surface area contributed by atoms with Gasteiger partial charge in [-0.15, -0.1) is 0 Å². The number of hydrogen-bond acceptors (Lipinski definition) is 2. The van der Waals surface area contributed by atoms with Gasteiger partial charge < -0.3 is 4.74 Å². The van der Waals surface area contributed by atoms with Gasteiger partial charge in [0, 0.05) is 0 Å². The van der Waals surface area contributed by atoms with Crippen molar-refractivity contribution in [2.45, 2.75) is 34.1 Å². The van der Waals surface area contributed by atoms with Crippen LogP contribution < -0.4 is 0 Å². The number of carbonyl (C=O) groups is 1. The lowest BCUT2D eigenvalue weighted by Crippen LogP contribution is -2.10. The van der Waals surface area contributed by atoms with Crippen molar-refractivity contribution >= 4 is 5.97 Å². The number of benzene rings is 2. The van der Waals surface area contributed by atoms with Gasteiger partial charge in [-0.1, -0.05) is 23.8 Å². The highest BCUT2D eigenvalue weighted by molar-refractivity contribution is 5.79. The minimum absolute atomic E-state index is 0.222. The molecule has 0 radical (unpaired) electrons. The number of esters is 1. The number of aryl methyl sites for hydroxylation is 3. The van der Waals surface area contributed by atoms with E-state index >= 15 is 0 Å². The van der Waals surface area contributed by atoms with Crippen LogP contribution in [0.1, 0.15) is 29.2 Å². The Balaban J connectivity index is 2.53. The molecular weight excluding hydrogens is 279 g/mol. The smallest absolute Gasteiger partial charge is 0.310 e. The Morgan fingerprint density at radius 3 is 2.45 bits per heavy atom. The third-order valence-corrected chi connectivity index (χ3v) is 3.71. The van der Waals surface area contributed by atoms with Gasteiger partial charge >= 0.3 is 5.97 Å². The molecule has 0 aliphatic heterocycles. The molecule has 0 bridgehead atoms. The van der Waals surface area contributed by atoms with Crippen LogP contribution in [0.3, 0.4) is 0 Å². The van der Waals surface area contributed by atoms with Crippen molar-refractivity contribution in [1.82, 2.24) is 0 Å². The molecule has 0 N–H and O–H groups in total. The van der Waals surface area contributed by atoms with Gasteiger partial charge in [-0.2, -0.15) is 0 Å². The van der Waals surface area contributed by atoms with Crippen molar-refractivity contribution in [3.63, 3.8) is 0 Å². The van der Waals surface area contributed by atoms with Crippen LogP contribution in [0.4, 0.5) is 4.39 Å². The van der Waals surface area contributed by atoms with Crippen LogP contribution in [0, 0.1) is 26.6 Å². The monoisotopic (exact) mass is 300 g/mol. The number of hydrogen-bond donors (Lipinski definition) is 0. The highest BCUT2D eigenvalue weighted by Gasteiger charge is 2.14. The molecule has 0 aromatic heterocycles. The summed E-state index contributed by atoms with van der Waals surface area (Å²) in [5.41, 5.74) is 5.58. The molecule has 0 amide bonds. The summed E-state index contributed by atoms with van der Waals surface area (Å²) in [6, 6.07) is 9.13. The molecule has 0 fully saturated rings. The van der Waals surface area contributed by atoms with E-state index in [1.54, 1.807) is 19.9 Å². The van der Waals surface area contributed by atoms with Gasteiger partial charge in [-0.05, 0) is 67.6 Å². The molecule has 0 unspecified atom stereocenters. The van der Waals surface area contributed by atoms with Crippen LogP contribution in [0.5, 0.6) is 0 Å². The minimum Gasteiger partial charge on any atom is -0.466 e. The Kier molecular flexibility index (Phi) is 4.96. The molecule has 0 saturated carbocycles. The summed E-state index contributed by atoms with van der Waals surface area (Å²) in [4.78, 5) is 11.9. The highest BCUT2D eigenvalue weighted by Crippen LogP contribution is 2.29. The Hall–Kier alpha value is -2.16. The molecule has 2 aromatic carbocycles. The summed E-state index contributed by atoms with van der Waals surface area (Å²) in [6.07, 6.45) is 0.228. The van der Waals surface area contributed by atoms with Gasteiger partial charge in [0.15, 0.2) is 0 Å². The summed E-state index contributed by atoms with van der Waals surface area (Å²) in [7, 11) is 0. The second-order valence-corrected chi connectivity index (χ2v) is 5.55. The van der Waals surface area contributed by atoms with Crippen molar-refractivity contribution < 1.29 is 13.9 Å². The van der Waals surface area contributed by atoms with Gasteiger partial charge in [-0.25, -0.2) is 4.39 Å². The Labute approximate surface area is 130 Å². The lowest BCUT2D eigenvalue weighted by Gasteiger charge is -2.15. The van der Waals surface area contributed by atoms with Crippen LogP contribution in [-0.2, 0) is 16.0 Å². The molecule has 0 atom stereocenters. The SMILES string of the molecule is CCOC(=O)Cc1c(C)cc(C)cc1-c1ccc(F)c(C)c1. The maximum Gasteiger partial charge on any atom is 0.310 e.